The second-order valence-electron chi connectivity index (χ2n) is 3.84. The summed E-state index contributed by atoms with van der Waals surface area (Å²) in [6, 6.07) is 3.84. The van der Waals surface area contributed by atoms with Gasteiger partial charge < -0.3 is 9.63 Å². The molecule has 0 aliphatic heterocycles. The number of carboxylic acids is 1. The van der Waals surface area contributed by atoms with Crippen LogP contribution in [0, 0.1) is 0 Å². The van der Waals surface area contributed by atoms with Gasteiger partial charge in [-0.1, -0.05) is 11.2 Å². The summed E-state index contributed by atoms with van der Waals surface area (Å²) in [7, 11) is 0. The molecule has 2 rings (SSSR count). The largest absolute Gasteiger partial charge is 0.481 e. The van der Waals surface area contributed by atoms with Crippen LogP contribution in [0.3, 0.4) is 0 Å². The third-order valence-electron chi connectivity index (χ3n) is 2.63. The zero-order chi connectivity index (χ0) is 13.5. The molecule has 1 N–H and O–H groups in total. The molecule has 0 saturated heterocycles. The highest BCUT2D eigenvalue weighted by molar-refractivity contribution is 5.83. The Kier molecular flexibility index (Phi) is 2.76. The van der Waals surface area contributed by atoms with E-state index in [2.05, 4.69) is 9.68 Å². The van der Waals surface area contributed by atoms with Crippen LogP contribution >= 0.6 is 0 Å². The average molecular weight is 259 g/mol. The van der Waals surface area contributed by atoms with Crippen molar-refractivity contribution >= 4 is 16.9 Å². The van der Waals surface area contributed by atoms with E-state index in [1.54, 1.807) is 0 Å². The van der Waals surface area contributed by atoms with Crippen molar-refractivity contribution in [2.75, 3.05) is 0 Å². The molecule has 1 aromatic carbocycles. The van der Waals surface area contributed by atoms with Crippen molar-refractivity contribution < 1.29 is 27.6 Å². The Balaban J connectivity index is 2.59. The lowest BCUT2D eigenvalue weighted by Crippen LogP contribution is -2.08. The molecule has 1 unspecified atom stereocenters. The van der Waals surface area contributed by atoms with Crippen molar-refractivity contribution in [3.8, 4) is 0 Å². The molecule has 4 nitrogen and oxygen atoms in total. The Hall–Kier alpha value is -2.05. The highest BCUT2D eigenvalue weighted by Crippen LogP contribution is 2.35. The van der Waals surface area contributed by atoms with Gasteiger partial charge in [-0.3, -0.25) is 4.79 Å². The first-order valence-corrected chi connectivity index (χ1v) is 5.00. The van der Waals surface area contributed by atoms with Crippen LogP contribution in [0.4, 0.5) is 13.2 Å². The Morgan fingerprint density at radius 2 is 2.11 bits per heavy atom. The molecule has 18 heavy (non-hydrogen) atoms. The Bertz CT molecular complexity index is 603. The molecule has 96 valence electrons. The molecule has 0 bridgehead atoms. The number of hydrogen-bond donors (Lipinski definition) is 1. The van der Waals surface area contributed by atoms with Crippen molar-refractivity contribution in [3.05, 3.63) is 29.5 Å². The van der Waals surface area contributed by atoms with Gasteiger partial charge >= 0.3 is 12.1 Å². The quantitative estimate of drug-likeness (QED) is 0.900. The molecule has 0 fully saturated rings. The van der Waals surface area contributed by atoms with Crippen LogP contribution in [-0.4, -0.2) is 16.2 Å². The van der Waals surface area contributed by atoms with E-state index in [1.807, 2.05) is 0 Å². The molecule has 1 heterocycles. The molecular weight excluding hydrogens is 251 g/mol. The minimum Gasteiger partial charge on any atom is -0.481 e. The number of carboxylic acid groups (broad SMARTS) is 1. The minimum absolute atomic E-state index is 0.0244. The zero-order valence-corrected chi connectivity index (χ0v) is 9.15. The van der Waals surface area contributed by atoms with Crippen molar-refractivity contribution in [2.24, 2.45) is 0 Å². The van der Waals surface area contributed by atoms with Gasteiger partial charge in [0, 0.05) is 0 Å². The van der Waals surface area contributed by atoms with E-state index in [1.165, 1.54) is 19.1 Å². The summed E-state index contributed by atoms with van der Waals surface area (Å²) in [5, 5.41) is 11.6. The molecule has 2 aromatic rings. The number of hydrogen-bond acceptors (Lipinski definition) is 3. The maximum Gasteiger partial charge on any atom is 0.437 e. The maximum atomic E-state index is 12.6. The van der Waals surface area contributed by atoms with Gasteiger partial charge in [0.15, 0.2) is 11.3 Å². The number of carbonyl (C=O) groups is 1. The fraction of sp³-hybridized carbons (Fsp3) is 0.273. The van der Waals surface area contributed by atoms with E-state index in [9.17, 15) is 18.0 Å². The standard InChI is InChI=1S/C11H8F3NO3/c1-5(10(16)17)6-2-3-8-7(4-6)9(15-18-8)11(12,13)14/h2-5H,1H3,(H,16,17). The smallest absolute Gasteiger partial charge is 0.437 e. The highest BCUT2D eigenvalue weighted by Gasteiger charge is 2.37. The monoisotopic (exact) mass is 259 g/mol. The molecule has 1 aromatic heterocycles. The van der Waals surface area contributed by atoms with Gasteiger partial charge in [0.25, 0.3) is 0 Å². The summed E-state index contributed by atoms with van der Waals surface area (Å²) < 4.78 is 42.4. The van der Waals surface area contributed by atoms with Gasteiger partial charge in [-0.05, 0) is 24.6 Å². The molecule has 0 spiro atoms. The fourth-order valence-electron chi connectivity index (χ4n) is 1.57. The number of rotatable bonds is 2. The van der Waals surface area contributed by atoms with E-state index < -0.39 is 23.8 Å². The number of benzene rings is 1. The molecule has 0 saturated carbocycles. The number of nitrogens with zero attached hydrogens (tertiary/aromatic N) is 1. The average Bonchev–Trinajstić information content (AvgIpc) is 2.69. The molecule has 1 atom stereocenters. The number of aliphatic carboxylic acids is 1. The fourth-order valence-corrected chi connectivity index (χ4v) is 1.57. The summed E-state index contributed by atoms with van der Waals surface area (Å²) in [5.41, 5.74) is -0.899. The predicted molar refractivity (Wildman–Crippen MR) is 55.1 cm³/mol. The second kappa shape index (κ2) is 4.01. The summed E-state index contributed by atoms with van der Waals surface area (Å²) in [6.07, 6.45) is -4.63. The molecule has 0 aliphatic carbocycles. The third kappa shape index (κ3) is 2.03. The summed E-state index contributed by atoms with van der Waals surface area (Å²) in [6.45, 7) is 1.39. The van der Waals surface area contributed by atoms with Crippen LogP contribution in [0.15, 0.2) is 22.7 Å². The Morgan fingerprint density at radius 1 is 1.44 bits per heavy atom. The molecule has 0 aliphatic rings. The van der Waals surface area contributed by atoms with E-state index in [-0.39, 0.29) is 16.5 Å². The van der Waals surface area contributed by atoms with Crippen molar-refractivity contribution in [2.45, 2.75) is 19.0 Å². The van der Waals surface area contributed by atoms with Crippen LogP contribution in [0.1, 0.15) is 24.1 Å². The van der Waals surface area contributed by atoms with E-state index >= 15 is 0 Å². The van der Waals surface area contributed by atoms with Crippen LogP contribution < -0.4 is 0 Å². The van der Waals surface area contributed by atoms with Gasteiger partial charge in [0.2, 0.25) is 0 Å². The van der Waals surface area contributed by atoms with E-state index in [0.29, 0.717) is 0 Å². The number of halogens is 3. The molecular formula is C11H8F3NO3. The zero-order valence-electron chi connectivity index (χ0n) is 9.15. The Morgan fingerprint density at radius 3 is 2.67 bits per heavy atom. The molecule has 0 amide bonds. The van der Waals surface area contributed by atoms with Gasteiger partial charge in [-0.15, -0.1) is 0 Å². The van der Waals surface area contributed by atoms with Gasteiger partial charge in [0.1, 0.15) is 0 Å². The van der Waals surface area contributed by atoms with Gasteiger partial charge in [-0.25, -0.2) is 0 Å². The normalized spacial score (nSPS) is 13.8. The molecule has 7 heteroatoms. The highest BCUT2D eigenvalue weighted by atomic mass is 19.4. The van der Waals surface area contributed by atoms with E-state index in [0.717, 1.165) is 6.07 Å². The molecule has 0 radical (unpaired) electrons. The first kappa shape index (κ1) is 12.4. The van der Waals surface area contributed by atoms with Crippen LogP contribution in [-0.2, 0) is 11.0 Å². The van der Waals surface area contributed by atoms with Crippen LogP contribution in [0.5, 0.6) is 0 Å². The van der Waals surface area contributed by atoms with E-state index in [4.69, 9.17) is 5.11 Å². The lowest BCUT2D eigenvalue weighted by molar-refractivity contribution is -0.141. The van der Waals surface area contributed by atoms with Crippen LogP contribution in [0.25, 0.3) is 11.0 Å². The Labute approximate surface area is 99.0 Å². The van der Waals surface area contributed by atoms with Crippen LogP contribution in [0.2, 0.25) is 0 Å². The minimum atomic E-state index is -4.63. The first-order valence-electron chi connectivity index (χ1n) is 5.00. The summed E-state index contributed by atoms with van der Waals surface area (Å²) in [4.78, 5) is 10.8. The van der Waals surface area contributed by atoms with Crippen molar-refractivity contribution in [1.82, 2.24) is 5.16 Å². The van der Waals surface area contributed by atoms with Gasteiger partial charge in [-0.2, -0.15) is 13.2 Å². The summed E-state index contributed by atoms with van der Waals surface area (Å²) >= 11 is 0. The maximum absolute atomic E-state index is 12.6. The van der Waals surface area contributed by atoms with Gasteiger partial charge in [0.05, 0.1) is 11.3 Å². The topological polar surface area (TPSA) is 63.3 Å². The first-order chi connectivity index (χ1) is 8.30. The number of aromatic nitrogens is 1. The van der Waals surface area contributed by atoms with Crippen molar-refractivity contribution in [3.63, 3.8) is 0 Å². The SMILES string of the molecule is CC(C(=O)O)c1ccc2onc(C(F)(F)F)c2c1. The number of fused-ring (bicyclic) bond motifs is 1. The number of alkyl halides is 3. The van der Waals surface area contributed by atoms with Crippen molar-refractivity contribution in [1.29, 1.82) is 0 Å². The summed E-state index contributed by atoms with van der Waals surface area (Å²) in [5.74, 6) is -2.01. The lowest BCUT2D eigenvalue weighted by Gasteiger charge is -2.06. The second-order valence-corrected chi connectivity index (χ2v) is 3.84. The predicted octanol–water partition coefficient (Wildman–Crippen LogP) is 3.03. The third-order valence-corrected chi connectivity index (χ3v) is 2.63. The lowest BCUT2D eigenvalue weighted by atomic mass is 9.99.